The average molecular weight is 280 g/mol. The third-order valence-electron chi connectivity index (χ3n) is 3.51. The maximum atomic E-state index is 12.0. The van der Waals surface area contributed by atoms with Gasteiger partial charge in [-0.2, -0.15) is 5.10 Å². The number of anilines is 1. The molecule has 0 radical (unpaired) electrons. The fourth-order valence-electron chi connectivity index (χ4n) is 2.31. The largest absolute Gasteiger partial charge is 0.378 e. The summed E-state index contributed by atoms with van der Waals surface area (Å²) in [6, 6.07) is 1.90. The molecule has 1 aliphatic rings. The Balaban J connectivity index is 1.90. The summed E-state index contributed by atoms with van der Waals surface area (Å²) < 4.78 is 6.84. The van der Waals surface area contributed by atoms with Crippen LogP contribution in [0.2, 0.25) is 0 Å². The van der Waals surface area contributed by atoms with E-state index in [-0.39, 0.29) is 11.6 Å². The van der Waals surface area contributed by atoms with E-state index in [0.29, 0.717) is 19.8 Å². The number of nitrogens with zero attached hydrogens (tertiary/aromatic N) is 3. The van der Waals surface area contributed by atoms with Crippen LogP contribution in [0.5, 0.6) is 0 Å². The highest BCUT2D eigenvalue weighted by Gasteiger charge is 2.12. The number of hydrogen-bond acceptors (Lipinski definition) is 5. The lowest BCUT2D eigenvalue weighted by Gasteiger charge is -2.28. The Bertz CT molecular complexity index is 466. The number of unbranched alkanes of at least 4 members (excludes halogenated alkanes) is 1. The molecule has 1 aliphatic heterocycles. The first-order valence-corrected chi connectivity index (χ1v) is 7.32. The number of aryl methyl sites for hydroxylation is 1. The lowest BCUT2D eigenvalue weighted by atomic mass is 10.1. The molecule has 0 amide bonds. The van der Waals surface area contributed by atoms with Crippen LogP contribution in [0.25, 0.3) is 0 Å². The van der Waals surface area contributed by atoms with Gasteiger partial charge in [0.25, 0.3) is 5.56 Å². The van der Waals surface area contributed by atoms with E-state index in [0.717, 1.165) is 38.0 Å². The number of aromatic nitrogens is 2. The molecule has 112 valence electrons. The zero-order chi connectivity index (χ0) is 14.4. The molecule has 0 aromatic carbocycles. The Morgan fingerprint density at radius 1 is 1.40 bits per heavy atom. The van der Waals surface area contributed by atoms with Crippen molar-refractivity contribution >= 4 is 5.69 Å². The first-order valence-electron chi connectivity index (χ1n) is 7.32. The van der Waals surface area contributed by atoms with E-state index in [1.54, 1.807) is 12.3 Å². The summed E-state index contributed by atoms with van der Waals surface area (Å²) >= 11 is 0. The van der Waals surface area contributed by atoms with Crippen molar-refractivity contribution in [3.63, 3.8) is 0 Å². The standard InChI is InChI=1S/C14H24N4O2/c1-12(15)4-2-3-5-18-14(19)10-13(11-16-18)17-6-8-20-9-7-17/h10-12H,2-9,15H2,1H3. The van der Waals surface area contributed by atoms with Crippen LogP contribution in [0.15, 0.2) is 17.1 Å². The third kappa shape index (κ3) is 4.31. The topological polar surface area (TPSA) is 73.4 Å². The molecular weight excluding hydrogens is 256 g/mol. The fraction of sp³-hybridized carbons (Fsp3) is 0.714. The van der Waals surface area contributed by atoms with Gasteiger partial charge in [-0.3, -0.25) is 4.79 Å². The van der Waals surface area contributed by atoms with E-state index < -0.39 is 0 Å². The van der Waals surface area contributed by atoms with E-state index in [9.17, 15) is 4.79 Å². The van der Waals surface area contributed by atoms with Crippen molar-refractivity contribution in [3.05, 3.63) is 22.6 Å². The van der Waals surface area contributed by atoms with E-state index >= 15 is 0 Å². The average Bonchev–Trinajstić information content (AvgIpc) is 2.45. The molecule has 2 heterocycles. The summed E-state index contributed by atoms with van der Waals surface area (Å²) in [7, 11) is 0. The van der Waals surface area contributed by atoms with Gasteiger partial charge in [0.2, 0.25) is 0 Å². The Kier molecular flexibility index (Phi) is 5.55. The van der Waals surface area contributed by atoms with E-state index in [2.05, 4.69) is 10.00 Å². The second-order valence-electron chi connectivity index (χ2n) is 5.35. The zero-order valence-electron chi connectivity index (χ0n) is 12.1. The Morgan fingerprint density at radius 3 is 2.80 bits per heavy atom. The molecular formula is C14H24N4O2. The number of hydrogen-bond donors (Lipinski definition) is 1. The van der Waals surface area contributed by atoms with Crippen molar-refractivity contribution in [1.82, 2.24) is 9.78 Å². The summed E-state index contributed by atoms with van der Waals surface area (Å²) in [6.07, 6.45) is 4.72. The normalized spacial score (nSPS) is 17.2. The summed E-state index contributed by atoms with van der Waals surface area (Å²) in [4.78, 5) is 14.2. The fourth-order valence-corrected chi connectivity index (χ4v) is 2.31. The van der Waals surface area contributed by atoms with Crippen LogP contribution in [-0.4, -0.2) is 42.1 Å². The van der Waals surface area contributed by atoms with E-state index in [1.807, 2.05) is 6.92 Å². The van der Waals surface area contributed by atoms with Crippen LogP contribution in [0.4, 0.5) is 5.69 Å². The maximum absolute atomic E-state index is 12.0. The highest BCUT2D eigenvalue weighted by Crippen LogP contribution is 2.11. The lowest BCUT2D eigenvalue weighted by Crippen LogP contribution is -2.37. The lowest BCUT2D eigenvalue weighted by molar-refractivity contribution is 0.122. The van der Waals surface area contributed by atoms with Crippen molar-refractivity contribution in [2.45, 2.75) is 38.8 Å². The van der Waals surface area contributed by atoms with E-state index in [1.165, 1.54) is 4.68 Å². The second kappa shape index (κ2) is 7.40. The summed E-state index contributed by atoms with van der Waals surface area (Å²) in [6.45, 7) is 5.72. The van der Waals surface area contributed by atoms with Crippen molar-refractivity contribution < 1.29 is 4.74 Å². The van der Waals surface area contributed by atoms with Gasteiger partial charge in [0, 0.05) is 31.7 Å². The number of rotatable bonds is 6. The molecule has 1 aromatic heterocycles. The molecule has 6 heteroatoms. The molecule has 0 saturated carbocycles. The third-order valence-corrected chi connectivity index (χ3v) is 3.51. The minimum Gasteiger partial charge on any atom is -0.378 e. The highest BCUT2D eigenvalue weighted by atomic mass is 16.5. The van der Waals surface area contributed by atoms with Gasteiger partial charge in [0.05, 0.1) is 25.1 Å². The SMILES string of the molecule is CC(N)CCCCn1ncc(N2CCOCC2)cc1=O. The van der Waals surface area contributed by atoms with Gasteiger partial charge >= 0.3 is 0 Å². The van der Waals surface area contributed by atoms with Crippen molar-refractivity contribution in [3.8, 4) is 0 Å². The molecule has 6 nitrogen and oxygen atoms in total. The van der Waals surface area contributed by atoms with Gasteiger partial charge < -0.3 is 15.4 Å². The summed E-state index contributed by atoms with van der Waals surface area (Å²) in [5.41, 5.74) is 6.57. The zero-order valence-corrected chi connectivity index (χ0v) is 12.1. The Hall–Kier alpha value is -1.40. The van der Waals surface area contributed by atoms with E-state index in [4.69, 9.17) is 10.5 Å². The van der Waals surface area contributed by atoms with Gasteiger partial charge in [-0.05, 0) is 19.8 Å². The van der Waals surface area contributed by atoms with Crippen LogP contribution in [0, 0.1) is 0 Å². The van der Waals surface area contributed by atoms with Crippen LogP contribution in [0.3, 0.4) is 0 Å². The minimum atomic E-state index is -0.0326. The van der Waals surface area contributed by atoms with Crippen LogP contribution >= 0.6 is 0 Å². The molecule has 0 spiro atoms. The number of morpholine rings is 1. The van der Waals surface area contributed by atoms with Gasteiger partial charge in [0.1, 0.15) is 0 Å². The number of ether oxygens (including phenoxy) is 1. The van der Waals surface area contributed by atoms with Gasteiger partial charge in [-0.1, -0.05) is 6.42 Å². The van der Waals surface area contributed by atoms with Crippen molar-refractivity contribution in [1.29, 1.82) is 0 Å². The predicted octanol–water partition coefficient (Wildman–Crippen LogP) is 0.597. The molecule has 20 heavy (non-hydrogen) atoms. The van der Waals surface area contributed by atoms with Gasteiger partial charge in [-0.15, -0.1) is 0 Å². The summed E-state index contributed by atoms with van der Waals surface area (Å²) in [5.74, 6) is 0. The van der Waals surface area contributed by atoms with Crippen LogP contribution in [-0.2, 0) is 11.3 Å². The molecule has 1 fully saturated rings. The minimum absolute atomic E-state index is 0.0326. The second-order valence-corrected chi connectivity index (χ2v) is 5.35. The monoisotopic (exact) mass is 280 g/mol. The molecule has 1 unspecified atom stereocenters. The molecule has 0 aliphatic carbocycles. The highest BCUT2D eigenvalue weighted by molar-refractivity contribution is 5.43. The van der Waals surface area contributed by atoms with Gasteiger partial charge in [-0.25, -0.2) is 4.68 Å². The molecule has 2 N–H and O–H groups in total. The smallest absolute Gasteiger partial charge is 0.268 e. The molecule has 1 aromatic rings. The first-order chi connectivity index (χ1) is 9.66. The van der Waals surface area contributed by atoms with Gasteiger partial charge in [0.15, 0.2) is 0 Å². The number of nitrogens with two attached hydrogens (primary N) is 1. The molecule has 1 saturated heterocycles. The Labute approximate surface area is 119 Å². The van der Waals surface area contributed by atoms with Crippen molar-refractivity contribution in [2.75, 3.05) is 31.2 Å². The van der Waals surface area contributed by atoms with Crippen LogP contribution < -0.4 is 16.2 Å². The van der Waals surface area contributed by atoms with Crippen LogP contribution in [0.1, 0.15) is 26.2 Å². The first kappa shape index (κ1) is 15.0. The predicted molar refractivity (Wildman–Crippen MR) is 79.0 cm³/mol. The van der Waals surface area contributed by atoms with Crippen molar-refractivity contribution in [2.24, 2.45) is 5.73 Å². The maximum Gasteiger partial charge on any atom is 0.268 e. The Morgan fingerprint density at radius 2 is 2.15 bits per heavy atom. The summed E-state index contributed by atoms with van der Waals surface area (Å²) in [5, 5.41) is 4.26. The molecule has 1 atom stereocenters. The molecule has 2 rings (SSSR count). The molecule has 0 bridgehead atoms. The quantitative estimate of drug-likeness (QED) is 0.772.